The van der Waals surface area contributed by atoms with Crippen LogP contribution in [0.3, 0.4) is 0 Å². The fourth-order valence-corrected chi connectivity index (χ4v) is 1.63. The summed E-state index contributed by atoms with van der Waals surface area (Å²) in [6.45, 7) is 2.15. The molecule has 0 saturated carbocycles. The zero-order valence-electron chi connectivity index (χ0n) is 11.5. The van der Waals surface area contributed by atoms with Crippen molar-refractivity contribution in [2.75, 3.05) is 11.9 Å². The van der Waals surface area contributed by atoms with Crippen molar-refractivity contribution in [2.45, 2.75) is 13.1 Å². The normalized spacial score (nSPS) is 11.1. The van der Waals surface area contributed by atoms with Crippen LogP contribution in [-0.2, 0) is 6.18 Å². The third-order valence-electron chi connectivity index (χ3n) is 2.64. The molecule has 0 spiro atoms. The second-order valence-electron chi connectivity index (χ2n) is 4.20. The fraction of sp³-hybridized carbons (Fsp3) is 0.214. The summed E-state index contributed by atoms with van der Waals surface area (Å²) in [4.78, 5) is 19.6. The molecule has 1 aromatic heterocycles. The monoisotopic (exact) mass is 311 g/mol. The van der Waals surface area contributed by atoms with Gasteiger partial charge >= 0.3 is 6.18 Å². The van der Waals surface area contributed by atoms with E-state index in [0.717, 1.165) is 12.1 Å². The van der Waals surface area contributed by atoms with E-state index in [4.69, 9.17) is 4.74 Å². The van der Waals surface area contributed by atoms with Crippen LogP contribution < -0.4 is 10.1 Å². The number of hydrogen-bond donors (Lipinski definition) is 1. The molecule has 0 bridgehead atoms. The summed E-state index contributed by atoms with van der Waals surface area (Å²) < 4.78 is 42.5. The Morgan fingerprint density at radius 1 is 1.23 bits per heavy atom. The highest BCUT2D eigenvalue weighted by Gasteiger charge is 2.30. The molecule has 0 aliphatic rings. The summed E-state index contributed by atoms with van der Waals surface area (Å²) in [6, 6.07) is 5.47. The molecule has 0 aliphatic heterocycles. The first kappa shape index (κ1) is 15.7. The molecule has 1 heterocycles. The van der Waals surface area contributed by atoms with Crippen molar-refractivity contribution in [2.24, 2.45) is 0 Å². The third-order valence-corrected chi connectivity index (χ3v) is 2.64. The molecule has 0 aliphatic carbocycles. The molecule has 1 N–H and O–H groups in total. The van der Waals surface area contributed by atoms with Gasteiger partial charge in [-0.3, -0.25) is 4.79 Å². The van der Waals surface area contributed by atoms with E-state index in [1.807, 2.05) is 0 Å². The van der Waals surface area contributed by atoms with E-state index < -0.39 is 17.6 Å². The van der Waals surface area contributed by atoms with Crippen molar-refractivity contribution in [3.8, 4) is 5.88 Å². The number of carbonyl (C=O) groups excluding carboxylic acids is 1. The smallest absolute Gasteiger partial charge is 0.416 e. The molecule has 1 aromatic carbocycles. The molecule has 8 heteroatoms. The summed E-state index contributed by atoms with van der Waals surface area (Å²) in [5, 5.41) is 2.45. The lowest BCUT2D eigenvalue weighted by Crippen LogP contribution is -2.14. The number of amides is 1. The number of rotatable bonds is 4. The van der Waals surface area contributed by atoms with Gasteiger partial charge in [0, 0.05) is 11.8 Å². The quantitative estimate of drug-likeness (QED) is 0.942. The SMILES string of the molecule is CCOc1cc(C(=O)Nc2ccc(C(F)(F)F)cc2)ncn1. The molecule has 0 saturated heterocycles. The predicted octanol–water partition coefficient (Wildman–Crippen LogP) is 3.15. The van der Waals surface area contributed by atoms with Crippen molar-refractivity contribution in [1.82, 2.24) is 9.97 Å². The van der Waals surface area contributed by atoms with Crippen molar-refractivity contribution in [1.29, 1.82) is 0 Å². The molecule has 2 rings (SSSR count). The summed E-state index contributed by atoms with van der Waals surface area (Å²) in [6.07, 6.45) is -3.24. The number of hydrogen-bond acceptors (Lipinski definition) is 4. The number of nitrogens with one attached hydrogen (secondary N) is 1. The highest BCUT2D eigenvalue weighted by atomic mass is 19.4. The number of ether oxygens (including phenoxy) is 1. The lowest BCUT2D eigenvalue weighted by molar-refractivity contribution is -0.137. The Balaban J connectivity index is 2.10. The Bertz CT molecular complexity index is 657. The molecular weight excluding hydrogens is 299 g/mol. The van der Waals surface area contributed by atoms with Crippen LogP contribution in [0.15, 0.2) is 36.7 Å². The molecule has 22 heavy (non-hydrogen) atoms. The van der Waals surface area contributed by atoms with Gasteiger partial charge in [-0.05, 0) is 31.2 Å². The molecule has 2 aromatic rings. The number of aromatic nitrogens is 2. The van der Waals surface area contributed by atoms with Crippen LogP contribution in [0.25, 0.3) is 0 Å². The number of carbonyl (C=O) groups is 1. The van der Waals surface area contributed by atoms with E-state index in [2.05, 4.69) is 15.3 Å². The van der Waals surface area contributed by atoms with Crippen LogP contribution in [0.1, 0.15) is 23.0 Å². The second kappa shape index (κ2) is 6.42. The minimum absolute atomic E-state index is 0.0540. The molecule has 0 fully saturated rings. The van der Waals surface area contributed by atoms with Crippen LogP contribution in [-0.4, -0.2) is 22.5 Å². The molecule has 0 unspecified atom stereocenters. The first-order valence-electron chi connectivity index (χ1n) is 6.33. The van der Waals surface area contributed by atoms with Gasteiger partial charge in [0.25, 0.3) is 5.91 Å². The van der Waals surface area contributed by atoms with E-state index in [1.165, 1.54) is 24.5 Å². The average Bonchev–Trinajstić information content (AvgIpc) is 2.47. The van der Waals surface area contributed by atoms with Gasteiger partial charge in [0.15, 0.2) is 0 Å². The zero-order chi connectivity index (χ0) is 16.2. The summed E-state index contributed by atoms with van der Waals surface area (Å²) in [7, 11) is 0. The third kappa shape index (κ3) is 3.94. The van der Waals surface area contributed by atoms with Gasteiger partial charge in [0.1, 0.15) is 12.0 Å². The minimum Gasteiger partial charge on any atom is -0.478 e. The summed E-state index contributed by atoms with van der Waals surface area (Å²) in [5.74, 6) is -0.321. The van der Waals surface area contributed by atoms with Gasteiger partial charge < -0.3 is 10.1 Å². The lowest BCUT2D eigenvalue weighted by Gasteiger charge is -2.09. The highest BCUT2D eigenvalue weighted by Crippen LogP contribution is 2.29. The molecule has 1 amide bonds. The Kier molecular flexibility index (Phi) is 4.59. The number of anilines is 1. The van der Waals surface area contributed by atoms with Crippen molar-refractivity contribution >= 4 is 11.6 Å². The molecule has 0 radical (unpaired) electrons. The van der Waals surface area contributed by atoms with E-state index in [-0.39, 0.29) is 17.3 Å². The molecule has 5 nitrogen and oxygen atoms in total. The van der Waals surface area contributed by atoms with Crippen LogP contribution in [0.4, 0.5) is 18.9 Å². The van der Waals surface area contributed by atoms with E-state index in [1.54, 1.807) is 6.92 Å². The number of nitrogens with zero attached hydrogens (tertiary/aromatic N) is 2. The predicted molar refractivity (Wildman–Crippen MR) is 72.6 cm³/mol. The Morgan fingerprint density at radius 2 is 1.91 bits per heavy atom. The minimum atomic E-state index is -4.42. The molecular formula is C14H12F3N3O2. The average molecular weight is 311 g/mol. The van der Waals surface area contributed by atoms with E-state index in [0.29, 0.717) is 6.61 Å². The Morgan fingerprint density at radius 3 is 2.50 bits per heavy atom. The molecule has 0 atom stereocenters. The second-order valence-corrected chi connectivity index (χ2v) is 4.20. The van der Waals surface area contributed by atoms with Crippen molar-refractivity contribution in [3.63, 3.8) is 0 Å². The van der Waals surface area contributed by atoms with Crippen LogP contribution in [0, 0.1) is 0 Å². The maximum absolute atomic E-state index is 12.4. The standard InChI is InChI=1S/C14H12F3N3O2/c1-2-22-12-7-11(18-8-19-12)13(21)20-10-5-3-9(4-6-10)14(15,16)17/h3-8H,2H2,1H3,(H,20,21). The first-order chi connectivity index (χ1) is 10.4. The largest absolute Gasteiger partial charge is 0.478 e. The van der Waals surface area contributed by atoms with Gasteiger partial charge in [-0.15, -0.1) is 0 Å². The summed E-state index contributed by atoms with van der Waals surface area (Å²) in [5.41, 5.74) is -0.501. The maximum atomic E-state index is 12.4. The Labute approximate surface area is 124 Å². The summed E-state index contributed by atoms with van der Waals surface area (Å²) >= 11 is 0. The number of benzene rings is 1. The van der Waals surface area contributed by atoms with Gasteiger partial charge in [-0.2, -0.15) is 13.2 Å². The van der Waals surface area contributed by atoms with Gasteiger partial charge in [0.05, 0.1) is 12.2 Å². The zero-order valence-corrected chi connectivity index (χ0v) is 11.5. The van der Waals surface area contributed by atoms with Crippen LogP contribution >= 0.6 is 0 Å². The highest BCUT2D eigenvalue weighted by molar-refractivity contribution is 6.02. The van der Waals surface area contributed by atoms with Gasteiger partial charge in [-0.1, -0.05) is 0 Å². The van der Waals surface area contributed by atoms with Crippen LogP contribution in [0.5, 0.6) is 5.88 Å². The first-order valence-corrected chi connectivity index (χ1v) is 6.33. The number of halogens is 3. The Hall–Kier alpha value is -2.64. The lowest BCUT2D eigenvalue weighted by atomic mass is 10.2. The maximum Gasteiger partial charge on any atom is 0.416 e. The molecule has 116 valence electrons. The van der Waals surface area contributed by atoms with Crippen molar-refractivity contribution < 1.29 is 22.7 Å². The van der Waals surface area contributed by atoms with Gasteiger partial charge in [-0.25, -0.2) is 9.97 Å². The van der Waals surface area contributed by atoms with E-state index >= 15 is 0 Å². The van der Waals surface area contributed by atoms with Gasteiger partial charge in [0.2, 0.25) is 5.88 Å². The fourth-order valence-electron chi connectivity index (χ4n) is 1.63. The topological polar surface area (TPSA) is 64.1 Å². The van der Waals surface area contributed by atoms with E-state index in [9.17, 15) is 18.0 Å². The van der Waals surface area contributed by atoms with Crippen molar-refractivity contribution in [3.05, 3.63) is 47.9 Å². The number of alkyl halides is 3. The van der Waals surface area contributed by atoms with Crippen LogP contribution in [0.2, 0.25) is 0 Å².